The van der Waals surface area contributed by atoms with Crippen LogP contribution in [-0.2, 0) is 16.1 Å². The highest BCUT2D eigenvalue weighted by Gasteiger charge is 2.31. The minimum Gasteiger partial charge on any atom is -0.452 e. The van der Waals surface area contributed by atoms with Crippen LogP contribution in [0.1, 0.15) is 15.9 Å². The molecular formula is C17H13F4NO4. The minimum atomic E-state index is -4.86. The van der Waals surface area contributed by atoms with E-state index in [1.54, 1.807) is 0 Å². The van der Waals surface area contributed by atoms with Gasteiger partial charge in [0.05, 0.1) is 5.56 Å². The number of rotatable bonds is 6. The summed E-state index contributed by atoms with van der Waals surface area (Å²) < 4.78 is 58.3. The zero-order chi connectivity index (χ0) is 19.2. The van der Waals surface area contributed by atoms with Crippen LogP contribution in [0, 0.1) is 5.82 Å². The van der Waals surface area contributed by atoms with Gasteiger partial charge in [0.1, 0.15) is 11.6 Å². The number of esters is 1. The molecular weight excluding hydrogens is 358 g/mol. The van der Waals surface area contributed by atoms with Gasteiger partial charge >= 0.3 is 12.3 Å². The standard InChI is InChI=1S/C17H13F4NO4/c18-13-7-5-11(6-8-13)16(24)25-10-15(23)22-9-12-3-1-2-4-14(12)26-17(19,20)21/h1-8H,9-10H2,(H,22,23). The van der Waals surface area contributed by atoms with Crippen molar-refractivity contribution >= 4 is 11.9 Å². The molecule has 0 spiro atoms. The number of alkyl halides is 3. The number of ether oxygens (including phenoxy) is 2. The molecule has 2 aromatic rings. The van der Waals surface area contributed by atoms with Crippen LogP contribution >= 0.6 is 0 Å². The van der Waals surface area contributed by atoms with Crippen molar-refractivity contribution in [1.29, 1.82) is 0 Å². The van der Waals surface area contributed by atoms with Crippen molar-refractivity contribution in [2.24, 2.45) is 0 Å². The number of carbonyl (C=O) groups is 2. The number of amides is 1. The lowest BCUT2D eigenvalue weighted by atomic mass is 10.2. The Morgan fingerprint density at radius 3 is 2.31 bits per heavy atom. The second-order valence-corrected chi connectivity index (χ2v) is 5.02. The molecule has 0 aliphatic heterocycles. The lowest BCUT2D eigenvalue weighted by Gasteiger charge is -2.13. The third kappa shape index (κ3) is 6.08. The number of nitrogens with one attached hydrogen (secondary N) is 1. The van der Waals surface area contributed by atoms with Crippen molar-refractivity contribution in [3.05, 3.63) is 65.5 Å². The van der Waals surface area contributed by atoms with Crippen molar-refractivity contribution in [3.8, 4) is 5.75 Å². The summed E-state index contributed by atoms with van der Waals surface area (Å²) in [5, 5.41) is 2.32. The fourth-order valence-corrected chi connectivity index (χ4v) is 1.92. The molecule has 1 amide bonds. The van der Waals surface area contributed by atoms with Crippen molar-refractivity contribution in [2.75, 3.05) is 6.61 Å². The molecule has 2 aromatic carbocycles. The van der Waals surface area contributed by atoms with Crippen LogP contribution in [0.2, 0.25) is 0 Å². The summed E-state index contributed by atoms with van der Waals surface area (Å²) in [5.74, 6) is -2.52. The first-order valence-electron chi connectivity index (χ1n) is 7.27. The molecule has 0 saturated heterocycles. The van der Waals surface area contributed by atoms with Crippen LogP contribution in [0.3, 0.4) is 0 Å². The van der Waals surface area contributed by atoms with E-state index in [9.17, 15) is 27.2 Å². The molecule has 0 atom stereocenters. The molecule has 26 heavy (non-hydrogen) atoms. The molecule has 0 fully saturated rings. The van der Waals surface area contributed by atoms with Gasteiger partial charge in [0.2, 0.25) is 0 Å². The Morgan fingerprint density at radius 2 is 1.65 bits per heavy atom. The molecule has 0 heterocycles. The van der Waals surface area contributed by atoms with Crippen LogP contribution in [-0.4, -0.2) is 24.8 Å². The van der Waals surface area contributed by atoms with E-state index in [4.69, 9.17) is 4.74 Å². The molecule has 0 aliphatic carbocycles. The number of hydrogen-bond acceptors (Lipinski definition) is 4. The van der Waals surface area contributed by atoms with E-state index in [0.717, 1.165) is 18.2 Å². The van der Waals surface area contributed by atoms with E-state index in [1.165, 1.54) is 30.3 Å². The number of hydrogen-bond donors (Lipinski definition) is 1. The van der Waals surface area contributed by atoms with Crippen LogP contribution in [0.15, 0.2) is 48.5 Å². The van der Waals surface area contributed by atoms with Crippen LogP contribution in [0.25, 0.3) is 0 Å². The number of halogens is 4. The zero-order valence-corrected chi connectivity index (χ0v) is 13.2. The Bertz CT molecular complexity index is 775. The maximum Gasteiger partial charge on any atom is 0.573 e. The quantitative estimate of drug-likeness (QED) is 0.626. The van der Waals surface area contributed by atoms with Crippen LogP contribution in [0.4, 0.5) is 17.6 Å². The molecule has 0 saturated carbocycles. The van der Waals surface area contributed by atoms with Gasteiger partial charge < -0.3 is 14.8 Å². The summed E-state index contributed by atoms with van der Waals surface area (Å²) in [4.78, 5) is 23.4. The molecule has 0 aliphatic rings. The van der Waals surface area contributed by atoms with E-state index in [1.807, 2.05) is 0 Å². The summed E-state index contributed by atoms with van der Waals surface area (Å²) in [5.41, 5.74) is 0.158. The average molecular weight is 371 g/mol. The molecule has 0 radical (unpaired) electrons. The summed E-state index contributed by atoms with van der Waals surface area (Å²) in [7, 11) is 0. The van der Waals surface area contributed by atoms with Gasteiger partial charge in [0.25, 0.3) is 5.91 Å². The van der Waals surface area contributed by atoms with Gasteiger partial charge in [-0.05, 0) is 30.3 Å². The molecule has 9 heteroatoms. The third-order valence-electron chi connectivity index (χ3n) is 3.09. The first-order valence-corrected chi connectivity index (χ1v) is 7.27. The maximum atomic E-state index is 12.8. The highest BCUT2D eigenvalue weighted by atomic mass is 19.4. The summed E-state index contributed by atoms with van der Waals surface area (Å²) in [6.45, 7) is -0.891. The molecule has 0 bridgehead atoms. The molecule has 0 unspecified atom stereocenters. The monoisotopic (exact) mass is 371 g/mol. The lowest BCUT2D eigenvalue weighted by Crippen LogP contribution is -2.29. The van der Waals surface area contributed by atoms with Gasteiger partial charge in [0, 0.05) is 12.1 Å². The van der Waals surface area contributed by atoms with Crippen LogP contribution in [0.5, 0.6) is 5.75 Å². The molecule has 0 aromatic heterocycles. The molecule has 138 valence electrons. The van der Waals surface area contributed by atoms with Gasteiger partial charge in [0.15, 0.2) is 6.61 Å². The largest absolute Gasteiger partial charge is 0.573 e. The van der Waals surface area contributed by atoms with Crippen molar-refractivity contribution < 1.29 is 36.6 Å². The van der Waals surface area contributed by atoms with Crippen LogP contribution < -0.4 is 10.1 Å². The van der Waals surface area contributed by atoms with E-state index >= 15 is 0 Å². The highest BCUT2D eigenvalue weighted by molar-refractivity contribution is 5.91. The first kappa shape index (κ1) is 19.2. The number of carbonyl (C=O) groups excluding carboxylic acids is 2. The summed E-state index contributed by atoms with van der Waals surface area (Å²) in [6, 6.07) is 9.83. The Labute approximate surface area is 145 Å². The third-order valence-corrected chi connectivity index (χ3v) is 3.09. The van der Waals surface area contributed by atoms with Gasteiger partial charge in [-0.2, -0.15) is 0 Å². The van der Waals surface area contributed by atoms with Crippen molar-refractivity contribution in [2.45, 2.75) is 12.9 Å². The van der Waals surface area contributed by atoms with Gasteiger partial charge in [-0.25, -0.2) is 9.18 Å². The Kier molecular flexibility index (Phi) is 6.16. The predicted molar refractivity (Wildman–Crippen MR) is 81.7 cm³/mol. The normalized spacial score (nSPS) is 10.9. The van der Waals surface area contributed by atoms with E-state index in [0.29, 0.717) is 0 Å². The average Bonchev–Trinajstić information content (AvgIpc) is 2.58. The summed E-state index contributed by atoms with van der Waals surface area (Å²) >= 11 is 0. The molecule has 2 rings (SSSR count). The SMILES string of the molecule is O=C(COC(=O)c1ccc(F)cc1)NCc1ccccc1OC(F)(F)F. The van der Waals surface area contributed by atoms with Crippen molar-refractivity contribution in [1.82, 2.24) is 5.32 Å². The second kappa shape index (κ2) is 8.32. The van der Waals surface area contributed by atoms with Gasteiger partial charge in [-0.15, -0.1) is 13.2 Å². The topological polar surface area (TPSA) is 64.6 Å². The first-order chi connectivity index (χ1) is 12.2. The van der Waals surface area contributed by atoms with E-state index in [-0.39, 0.29) is 17.7 Å². The number of para-hydroxylation sites is 1. The van der Waals surface area contributed by atoms with E-state index in [2.05, 4.69) is 10.1 Å². The lowest BCUT2D eigenvalue weighted by molar-refractivity contribution is -0.274. The molecule has 1 N–H and O–H groups in total. The van der Waals surface area contributed by atoms with E-state index < -0.39 is 36.4 Å². The van der Waals surface area contributed by atoms with Crippen molar-refractivity contribution in [3.63, 3.8) is 0 Å². The Morgan fingerprint density at radius 1 is 1.00 bits per heavy atom. The fraction of sp³-hybridized carbons (Fsp3) is 0.176. The predicted octanol–water partition coefficient (Wildman–Crippen LogP) is 3.20. The smallest absolute Gasteiger partial charge is 0.452 e. The Hall–Kier alpha value is -3.10. The van der Waals surface area contributed by atoms with Gasteiger partial charge in [-0.1, -0.05) is 18.2 Å². The summed E-state index contributed by atoms with van der Waals surface area (Å²) in [6.07, 6.45) is -4.86. The molecule has 5 nitrogen and oxygen atoms in total. The second-order valence-electron chi connectivity index (χ2n) is 5.02. The fourth-order valence-electron chi connectivity index (χ4n) is 1.92. The van der Waals surface area contributed by atoms with Gasteiger partial charge in [-0.3, -0.25) is 4.79 Å². The highest BCUT2D eigenvalue weighted by Crippen LogP contribution is 2.26. The minimum absolute atomic E-state index is 0.0584. The Balaban J connectivity index is 1.85. The maximum absolute atomic E-state index is 12.8. The number of benzene rings is 2. The zero-order valence-electron chi connectivity index (χ0n) is 13.2.